The van der Waals surface area contributed by atoms with E-state index < -0.39 is 6.43 Å². The van der Waals surface area contributed by atoms with Crippen molar-refractivity contribution in [3.63, 3.8) is 0 Å². The van der Waals surface area contributed by atoms with E-state index in [0.717, 1.165) is 13.0 Å². The molecule has 0 spiro atoms. The maximum Gasteiger partial charge on any atom is 0.265 e. The predicted octanol–water partition coefficient (Wildman–Crippen LogP) is 3.32. The Kier molecular flexibility index (Phi) is 4.04. The molecule has 0 heterocycles. The Morgan fingerprint density at radius 2 is 2.20 bits per heavy atom. The molecule has 1 N–H and O–H groups in total. The highest BCUT2D eigenvalue weighted by atomic mass is 19.3. The second-order valence-corrected chi connectivity index (χ2v) is 3.14. The number of alkyl halides is 2. The predicted molar refractivity (Wildman–Crippen MR) is 54.9 cm³/mol. The van der Waals surface area contributed by atoms with E-state index in [9.17, 15) is 8.78 Å². The largest absolute Gasteiger partial charge is 0.385 e. The van der Waals surface area contributed by atoms with Crippen LogP contribution in [0.3, 0.4) is 0 Å². The van der Waals surface area contributed by atoms with Gasteiger partial charge in [-0.15, -0.1) is 0 Å². The van der Waals surface area contributed by atoms with Crippen LogP contribution in [0.2, 0.25) is 0 Å². The quantitative estimate of drug-likeness (QED) is 0.827. The number of halogens is 2. The molecule has 1 aromatic rings. The lowest BCUT2D eigenvalue weighted by molar-refractivity contribution is 0.151. The standard InChI is InChI=1S/C11H12F2N2/c1-2-5-15-9-4-3-8(7-14)10(6-9)11(12)13/h3-4,6,11,15H,2,5H2,1H3. The first-order valence-corrected chi connectivity index (χ1v) is 4.75. The topological polar surface area (TPSA) is 35.8 Å². The average Bonchev–Trinajstić information content (AvgIpc) is 2.25. The minimum absolute atomic E-state index is 0.0343. The number of nitrogens with one attached hydrogen (secondary N) is 1. The Morgan fingerprint density at radius 1 is 1.47 bits per heavy atom. The van der Waals surface area contributed by atoms with Gasteiger partial charge in [-0.2, -0.15) is 5.26 Å². The zero-order valence-electron chi connectivity index (χ0n) is 8.43. The molecular weight excluding hydrogens is 198 g/mol. The van der Waals surface area contributed by atoms with E-state index in [2.05, 4.69) is 5.32 Å². The SMILES string of the molecule is CCCNc1ccc(C#N)c(C(F)F)c1. The van der Waals surface area contributed by atoms with E-state index in [4.69, 9.17) is 5.26 Å². The monoisotopic (exact) mass is 210 g/mol. The van der Waals surface area contributed by atoms with Gasteiger partial charge in [0.15, 0.2) is 0 Å². The van der Waals surface area contributed by atoms with Crippen molar-refractivity contribution in [3.05, 3.63) is 29.3 Å². The molecule has 80 valence electrons. The summed E-state index contributed by atoms with van der Waals surface area (Å²) in [7, 11) is 0. The van der Waals surface area contributed by atoms with Crippen molar-refractivity contribution < 1.29 is 8.78 Å². The summed E-state index contributed by atoms with van der Waals surface area (Å²) in [4.78, 5) is 0. The highest BCUT2D eigenvalue weighted by Gasteiger charge is 2.13. The minimum atomic E-state index is -2.61. The molecule has 0 atom stereocenters. The van der Waals surface area contributed by atoms with Gasteiger partial charge in [0.25, 0.3) is 6.43 Å². The van der Waals surface area contributed by atoms with Gasteiger partial charge in [0.2, 0.25) is 0 Å². The van der Waals surface area contributed by atoms with Crippen molar-refractivity contribution in [2.24, 2.45) is 0 Å². The van der Waals surface area contributed by atoms with Gasteiger partial charge in [-0.3, -0.25) is 0 Å². The summed E-state index contributed by atoms with van der Waals surface area (Å²) in [6, 6.07) is 6.14. The summed E-state index contributed by atoms with van der Waals surface area (Å²) < 4.78 is 25.1. The molecule has 0 aromatic heterocycles. The summed E-state index contributed by atoms with van der Waals surface area (Å²) in [5.41, 5.74) is 0.455. The molecule has 1 aromatic carbocycles. The second kappa shape index (κ2) is 5.30. The van der Waals surface area contributed by atoms with Crippen LogP contribution in [-0.2, 0) is 0 Å². The Bertz CT molecular complexity index is 369. The van der Waals surface area contributed by atoms with Gasteiger partial charge in [-0.05, 0) is 24.6 Å². The third-order valence-electron chi connectivity index (χ3n) is 1.99. The zero-order valence-corrected chi connectivity index (χ0v) is 8.43. The normalized spacial score (nSPS) is 10.1. The minimum Gasteiger partial charge on any atom is -0.385 e. The molecule has 1 rings (SSSR count). The van der Waals surface area contributed by atoms with Gasteiger partial charge in [-0.1, -0.05) is 6.92 Å². The highest BCUT2D eigenvalue weighted by molar-refractivity contribution is 5.52. The number of anilines is 1. The summed E-state index contributed by atoms with van der Waals surface area (Å²) in [6.07, 6.45) is -1.69. The number of nitrogens with zero attached hydrogens (tertiary/aromatic N) is 1. The van der Waals surface area contributed by atoms with E-state index >= 15 is 0 Å². The average molecular weight is 210 g/mol. The highest BCUT2D eigenvalue weighted by Crippen LogP contribution is 2.25. The number of rotatable bonds is 4. The maximum absolute atomic E-state index is 12.5. The van der Waals surface area contributed by atoms with Gasteiger partial charge < -0.3 is 5.32 Å². The zero-order chi connectivity index (χ0) is 11.3. The van der Waals surface area contributed by atoms with Gasteiger partial charge in [0, 0.05) is 17.8 Å². The van der Waals surface area contributed by atoms with Crippen LogP contribution >= 0.6 is 0 Å². The number of nitriles is 1. The van der Waals surface area contributed by atoms with Gasteiger partial charge in [0.1, 0.15) is 0 Å². The third kappa shape index (κ3) is 2.91. The molecular formula is C11H12F2N2. The fourth-order valence-corrected chi connectivity index (χ4v) is 1.22. The van der Waals surface area contributed by atoms with Crippen LogP contribution in [0, 0.1) is 11.3 Å². The van der Waals surface area contributed by atoms with Crippen LogP contribution in [0.1, 0.15) is 30.9 Å². The van der Waals surface area contributed by atoms with Crippen LogP contribution in [0.15, 0.2) is 18.2 Å². The van der Waals surface area contributed by atoms with Crippen molar-refractivity contribution >= 4 is 5.69 Å². The Labute approximate surface area is 87.5 Å². The van der Waals surface area contributed by atoms with Crippen LogP contribution in [0.4, 0.5) is 14.5 Å². The van der Waals surface area contributed by atoms with Crippen LogP contribution in [0.5, 0.6) is 0 Å². The molecule has 0 radical (unpaired) electrons. The molecule has 0 saturated heterocycles. The van der Waals surface area contributed by atoms with E-state index in [1.807, 2.05) is 6.92 Å². The van der Waals surface area contributed by atoms with Crippen LogP contribution in [0.25, 0.3) is 0 Å². The van der Waals surface area contributed by atoms with Gasteiger partial charge >= 0.3 is 0 Å². The van der Waals surface area contributed by atoms with E-state index in [-0.39, 0.29) is 11.1 Å². The molecule has 0 aliphatic carbocycles. The number of benzene rings is 1. The summed E-state index contributed by atoms with van der Waals surface area (Å²) >= 11 is 0. The van der Waals surface area contributed by atoms with Crippen LogP contribution in [-0.4, -0.2) is 6.54 Å². The summed E-state index contributed by atoms with van der Waals surface area (Å²) in [6.45, 7) is 2.72. The van der Waals surface area contributed by atoms with Gasteiger partial charge in [-0.25, -0.2) is 8.78 Å². The molecule has 0 bridgehead atoms. The Hall–Kier alpha value is -1.63. The van der Waals surface area contributed by atoms with E-state index in [1.165, 1.54) is 12.1 Å². The summed E-state index contributed by atoms with van der Waals surface area (Å²) in [5, 5.41) is 11.6. The second-order valence-electron chi connectivity index (χ2n) is 3.14. The fourth-order valence-electron chi connectivity index (χ4n) is 1.22. The molecule has 0 aliphatic rings. The van der Waals surface area contributed by atoms with E-state index in [0.29, 0.717) is 5.69 Å². The van der Waals surface area contributed by atoms with E-state index in [1.54, 1.807) is 12.1 Å². The third-order valence-corrected chi connectivity index (χ3v) is 1.99. The molecule has 4 heteroatoms. The van der Waals surface area contributed by atoms with Crippen molar-refractivity contribution in [1.29, 1.82) is 5.26 Å². The molecule has 2 nitrogen and oxygen atoms in total. The van der Waals surface area contributed by atoms with Crippen molar-refractivity contribution in [1.82, 2.24) is 0 Å². The van der Waals surface area contributed by atoms with Crippen molar-refractivity contribution in [2.45, 2.75) is 19.8 Å². The molecule has 0 aliphatic heterocycles. The van der Waals surface area contributed by atoms with Crippen LogP contribution < -0.4 is 5.32 Å². The first-order chi connectivity index (χ1) is 7.19. The maximum atomic E-state index is 12.5. The first-order valence-electron chi connectivity index (χ1n) is 4.75. The lowest BCUT2D eigenvalue weighted by Gasteiger charge is -2.08. The molecule has 15 heavy (non-hydrogen) atoms. The first kappa shape index (κ1) is 11.4. The van der Waals surface area contributed by atoms with Crippen molar-refractivity contribution in [2.75, 3.05) is 11.9 Å². The molecule has 0 saturated carbocycles. The lowest BCUT2D eigenvalue weighted by atomic mass is 10.1. The number of hydrogen-bond acceptors (Lipinski definition) is 2. The van der Waals surface area contributed by atoms with Gasteiger partial charge in [0.05, 0.1) is 11.6 Å². The van der Waals surface area contributed by atoms with Crippen molar-refractivity contribution in [3.8, 4) is 6.07 Å². The summed E-state index contributed by atoms with van der Waals surface area (Å²) in [5.74, 6) is 0. The Morgan fingerprint density at radius 3 is 2.73 bits per heavy atom. The Balaban J connectivity index is 2.96. The molecule has 0 fully saturated rings. The smallest absolute Gasteiger partial charge is 0.265 e. The fraction of sp³-hybridized carbons (Fsp3) is 0.364. The molecule has 0 amide bonds. The lowest BCUT2D eigenvalue weighted by Crippen LogP contribution is -2.01. The number of hydrogen-bond donors (Lipinski definition) is 1. The molecule has 0 unspecified atom stereocenters.